The molecule has 0 aromatic carbocycles. The van der Waals surface area contributed by atoms with Crippen LogP contribution >= 0.6 is 0 Å². The van der Waals surface area contributed by atoms with E-state index in [4.69, 9.17) is 5.73 Å². The number of hydrogen-bond donors (Lipinski definition) is 1. The molecule has 0 aromatic rings. The molecule has 0 fully saturated rings. The van der Waals surface area contributed by atoms with E-state index in [1.165, 1.54) is 38.5 Å². The fraction of sp³-hybridized carbons (Fsp3) is 0.929. The molecule has 0 radical (unpaired) electrons. The first-order valence-electron chi connectivity index (χ1n) is 7.67. The van der Waals surface area contributed by atoms with Crippen molar-refractivity contribution in [3.8, 4) is 0 Å². The van der Waals surface area contributed by atoms with E-state index < -0.39 is 16.1 Å². The van der Waals surface area contributed by atoms with E-state index in [2.05, 4.69) is 11.1 Å². The molecule has 120 valence electrons. The van der Waals surface area contributed by atoms with Crippen LogP contribution in [-0.2, 0) is 19.1 Å². The van der Waals surface area contributed by atoms with Crippen molar-refractivity contribution in [3.05, 3.63) is 0 Å². The second-order valence-corrected chi connectivity index (χ2v) is 6.77. The minimum Gasteiger partial charge on any atom is -0.346 e. The molecule has 0 aliphatic heterocycles. The molecule has 0 saturated carbocycles. The summed E-state index contributed by atoms with van der Waals surface area (Å²) in [7, 11) is -3.77. The Labute approximate surface area is 151 Å². The molecule has 0 atom stereocenters. The van der Waals surface area contributed by atoms with Crippen LogP contribution in [0, 0.1) is 0 Å². The first-order valence-corrected chi connectivity index (χ1v) is 9.24. The molecule has 7 heteroatoms. The van der Waals surface area contributed by atoms with Crippen LogP contribution in [0.15, 0.2) is 0 Å². The summed E-state index contributed by atoms with van der Waals surface area (Å²) in [5, 5.41) is 0. The van der Waals surface area contributed by atoms with Gasteiger partial charge in [0.2, 0.25) is 0 Å². The zero-order valence-electron chi connectivity index (χ0n) is 13.6. The van der Waals surface area contributed by atoms with Gasteiger partial charge in [-0.05, 0) is 6.42 Å². The number of nitrogens with two attached hydrogens (primary N) is 1. The third-order valence-electron chi connectivity index (χ3n) is 3.07. The zero-order chi connectivity index (χ0) is 15.3. The Morgan fingerprint density at radius 1 is 0.952 bits per heavy atom. The Kier molecular flexibility index (Phi) is 17.2. The molecule has 0 saturated heterocycles. The maximum absolute atomic E-state index is 11.3. The summed E-state index contributed by atoms with van der Waals surface area (Å²) in [4.78, 5) is 11.3. The smallest absolute Gasteiger partial charge is 0.346 e. The van der Waals surface area contributed by atoms with Crippen molar-refractivity contribution in [2.24, 2.45) is 5.73 Å². The van der Waals surface area contributed by atoms with Gasteiger partial charge >= 0.3 is 45.6 Å². The standard InChI is InChI=1S/C14H29NO4S.Na/c1-2-3-4-5-6-7-8-9-10-11-14(16)19-20(17,18)13-12-15;/h2-13,15H2,1H3;/q;+1. The van der Waals surface area contributed by atoms with Crippen molar-refractivity contribution in [2.45, 2.75) is 71.1 Å². The molecule has 0 heterocycles. The Bertz CT molecular complexity index is 347. The molecule has 0 aliphatic carbocycles. The van der Waals surface area contributed by atoms with Crippen LogP contribution in [0.3, 0.4) is 0 Å². The van der Waals surface area contributed by atoms with E-state index >= 15 is 0 Å². The first kappa shape index (κ1) is 23.6. The van der Waals surface area contributed by atoms with E-state index in [-0.39, 0.29) is 48.3 Å². The fourth-order valence-corrected chi connectivity index (χ4v) is 2.69. The van der Waals surface area contributed by atoms with Crippen LogP contribution in [0.5, 0.6) is 0 Å². The summed E-state index contributed by atoms with van der Waals surface area (Å²) < 4.78 is 26.8. The van der Waals surface area contributed by atoms with Crippen molar-refractivity contribution in [1.29, 1.82) is 0 Å². The summed E-state index contributed by atoms with van der Waals surface area (Å²) >= 11 is 0. The molecular weight excluding hydrogens is 301 g/mol. The van der Waals surface area contributed by atoms with E-state index in [0.717, 1.165) is 12.8 Å². The van der Waals surface area contributed by atoms with Crippen molar-refractivity contribution in [3.63, 3.8) is 0 Å². The number of carbonyl (C=O) groups is 1. The molecule has 0 spiro atoms. The molecule has 0 bridgehead atoms. The van der Waals surface area contributed by atoms with Gasteiger partial charge in [0.05, 0.1) is 5.75 Å². The van der Waals surface area contributed by atoms with Gasteiger partial charge in [0.1, 0.15) is 0 Å². The predicted octanol–water partition coefficient (Wildman–Crippen LogP) is -0.257. The maximum atomic E-state index is 11.3. The fourth-order valence-electron chi connectivity index (χ4n) is 1.95. The average Bonchev–Trinajstić information content (AvgIpc) is 2.36. The SMILES string of the molecule is CCCCCCCCCCCC(=O)OS(=O)(=O)CCN.[Na+]. The van der Waals surface area contributed by atoms with E-state index in [1.807, 2.05) is 0 Å². The van der Waals surface area contributed by atoms with Gasteiger partial charge in [-0.2, -0.15) is 8.42 Å². The molecule has 2 N–H and O–H groups in total. The molecule has 0 amide bonds. The topological polar surface area (TPSA) is 86.5 Å². The van der Waals surface area contributed by atoms with Crippen LogP contribution in [0.25, 0.3) is 0 Å². The molecular formula is C14H29NNaO4S+. The van der Waals surface area contributed by atoms with Crippen molar-refractivity contribution < 1.29 is 47.0 Å². The van der Waals surface area contributed by atoms with Crippen LogP contribution in [0.2, 0.25) is 0 Å². The largest absolute Gasteiger partial charge is 1.00 e. The minimum absolute atomic E-state index is 0. The number of carbonyl (C=O) groups excluding carboxylic acids is 1. The summed E-state index contributed by atoms with van der Waals surface area (Å²) in [6, 6.07) is 0. The molecule has 21 heavy (non-hydrogen) atoms. The minimum atomic E-state index is -3.77. The second-order valence-electron chi connectivity index (χ2n) is 5.08. The van der Waals surface area contributed by atoms with Gasteiger partial charge in [0.25, 0.3) is 0 Å². The van der Waals surface area contributed by atoms with Gasteiger partial charge in [0, 0.05) is 13.0 Å². The Hall–Kier alpha value is 0.380. The molecule has 0 aliphatic rings. The number of unbranched alkanes of at least 4 members (excludes halogenated alkanes) is 8. The zero-order valence-corrected chi connectivity index (χ0v) is 16.4. The first-order chi connectivity index (χ1) is 9.52. The van der Waals surface area contributed by atoms with E-state index in [0.29, 0.717) is 6.42 Å². The summed E-state index contributed by atoms with van der Waals surface area (Å²) in [6.45, 7) is 2.17. The third-order valence-corrected chi connectivity index (χ3v) is 4.25. The van der Waals surface area contributed by atoms with Crippen molar-refractivity contribution in [1.82, 2.24) is 0 Å². The number of hydrogen-bond acceptors (Lipinski definition) is 5. The predicted molar refractivity (Wildman–Crippen MR) is 80.8 cm³/mol. The average molecular weight is 330 g/mol. The Morgan fingerprint density at radius 2 is 1.43 bits per heavy atom. The van der Waals surface area contributed by atoms with Gasteiger partial charge in [-0.1, -0.05) is 58.3 Å². The molecule has 0 rings (SSSR count). The third kappa shape index (κ3) is 16.6. The Morgan fingerprint density at radius 3 is 1.90 bits per heavy atom. The number of rotatable bonds is 13. The van der Waals surface area contributed by atoms with Crippen molar-refractivity contribution in [2.75, 3.05) is 12.3 Å². The monoisotopic (exact) mass is 330 g/mol. The van der Waals surface area contributed by atoms with Crippen LogP contribution in [-0.4, -0.2) is 26.7 Å². The van der Waals surface area contributed by atoms with Crippen LogP contribution in [0.4, 0.5) is 0 Å². The molecule has 5 nitrogen and oxygen atoms in total. The van der Waals surface area contributed by atoms with Gasteiger partial charge < -0.3 is 9.92 Å². The Balaban J connectivity index is 0. The van der Waals surface area contributed by atoms with Gasteiger partial charge in [0.15, 0.2) is 0 Å². The second kappa shape index (κ2) is 15.3. The normalized spacial score (nSPS) is 11.0. The van der Waals surface area contributed by atoms with Crippen LogP contribution in [0.1, 0.15) is 71.1 Å². The molecule has 0 unspecified atom stereocenters. The van der Waals surface area contributed by atoms with Crippen molar-refractivity contribution >= 4 is 16.1 Å². The van der Waals surface area contributed by atoms with Crippen LogP contribution < -0.4 is 35.3 Å². The summed E-state index contributed by atoms with van der Waals surface area (Å²) in [5.74, 6) is -0.974. The van der Waals surface area contributed by atoms with Gasteiger partial charge in [-0.15, -0.1) is 0 Å². The van der Waals surface area contributed by atoms with Gasteiger partial charge in [-0.3, -0.25) is 4.79 Å². The molecule has 0 aromatic heterocycles. The van der Waals surface area contributed by atoms with E-state index in [1.54, 1.807) is 0 Å². The maximum Gasteiger partial charge on any atom is 1.00 e. The van der Waals surface area contributed by atoms with Gasteiger partial charge in [-0.25, -0.2) is 0 Å². The summed E-state index contributed by atoms with van der Waals surface area (Å²) in [6.07, 6.45) is 10.5. The quantitative estimate of drug-likeness (QED) is 0.286. The summed E-state index contributed by atoms with van der Waals surface area (Å²) in [5.41, 5.74) is 5.12. The van der Waals surface area contributed by atoms with E-state index in [9.17, 15) is 13.2 Å².